The van der Waals surface area contributed by atoms with Crippen molar-refractivity contribution >= 4 is 63.1 Å². The third-order valence-electron chi connectivity index (χ3n) is 7.97. The number of benzene rings is 3. The minimum atomic E-state index is -0.802. The van der Waals surface area contributed by atoms with Gasteiger partial charge in [0.05, 0.1) is 10.8 Å². The van der Waals surface area contributed by atoms with E-state index in [1.165, 1.54) is 0 Å². The first-order valence-electron chi connectivity index (χ1n) is 13.2. The van der Waals surface area contributed by atoms with Crippen molar-refractivity contribution < 1.29 is 9.84 Å². The number of hydrogen-bond acceptors (Lipinski definition) is 7. The zero-order chi connectivity index (χ0) is 28.3. The molecule has 6 aromatic rings. The van der Waals surface area contributed by atoms with Gasteiger partial charge < -0.3 is 9.84 Å². The summed E-state index contributed by atoms with van der Waals surface area (Å²) in [6.07, 6.45) is -0.467. The van der Waals surface area contributed by atoms with E-state index in [0.29, 0.717) is 33.8 Å². The number of hydrogen-bond donors (Lipinski definition) is 1. The van der Waals surface area contributed by atoms with E-state index in [4.69, 9.17) is 4.74 Å². The number of nitrogens with zero attached hydrogens (tertiary/aromatic N) is 1. The molecule has 3 aromatic heterocycles. The molecular weight excluding hydrogens is 539 g/mol. The normalized spacial score (nSPS) is 12.6. The Hall–Kier alpha value is -3.65. The van der Waals surface area contributed by atoms with Gasteiger partial charge in [0.15, 0.2) is 5.43 Å². The molecule has 0 amide bonds. The molecular formula is C33H29NO4S2. The first-order chi connectivity index (χ1) is 19.2. The molecule has 0 aliphatic rings. The van der Waals surface area contributed by atoms with Crippen LogP contribution < -0.4 is 15.6 Å². The molecule has 7 heteroatoms. The lowest BCUT2D eigenvalue weighted by molar-refractivity contribution is 0.107. The molecule has 6 rings (SSSR count). The van der Waals surface area contributed by atoms with Crippen molar-refractivity contribution in [3.8, 4) is 5.75 Å². The summed E-state index contributed by atoms with van der Waals surface area (Å²) in [6.45, 7) is 10.0. The van der Waals surface area contributed by atoms with Crippen molar-refractivity contribution in [3.63, 3.8) is 0 Å². The maximum atomic E-state index is 13.4. The van der Waals surface area contributed by atoms with E-state index in [-0.39, 0.29) is 17.5 Å². The molecule has 0 fully saturated rings. The number of aryl methyl sites for hydroxylation is 3. The number of pyridine rings is 1. The maximum absolute atomic E-state index is 13.4. The van der Waals surface area contributed by atoms with E-state index in [2.05, 4.69) is 4.98 Å². The van der Waals surface area contributed by atoms with Crippen LogP contribution in [0.3, 0.4) is 0 Å². The molecule has 3 heterocycles. The average molecular weight is 568 g/mol. The summed E-state index contributed by atoms with van der Waals surface area (Å²) in [4.78, 5) is 31.2. The van der Waals surface area contributed by atoms with Gasteiger partial charge in [-0.3, -0.25) is 9.59 Å². The van der Waals surface area contributed by atoms with Gasteiger partial charge in [0.2, 0.25) is 5.43 Å². The number of ether oxygens (including phenoxy) is 1. The standard InChI is InChI=1S/C33H29NO4S2/c1-16-18(3)32-28(34-20(16)5)30(37)24-11-8-9-21(33(24)40-32)13-22(35)15-38-26-14-25-29(36)23-10-6-7-12-27(23)39-31(25)19(4)17(26)2/h6-12,14,22,35H,13,15H2,1-5H3. The minimum absolute atomic E-state index is 0.00838. The Kier molecular flexibility index (Phi) is 6.69. The number of aliphatic hydroxyl groups is 1. The average Bonchev–Trinajstić information content (AvgIpc) is 2.95. The highest BCUT2D eigenvalue weighted by Crippen LogP contribution is 2.35. The summed E-state index contributed by atoms with van der Waals surface area (Å²) in [6, 6.07) is 15.1. The van der Waals surface area contributed by atoms with Crippen molar-refractivity contribution in [2.75, 3.05) is 6.61 Å². The van der Waals surface area contributed by atoms with Crippen LogP contribution in [0.4, 0.5) is 0 Å². The van der Waals surface area contributed by atoms with Gasteiger partial charge in [-0.25, -0.2) is 4.98 Å². The SMILES string of the molecule is Cc1nc2c(=O)c3cccc(CC(O)COc4cc5c(=O)c6ccccc6sc5c(C)c4C)c3sc2c(C)c1C. The van der Waals surface area contributed by atoms with Gasteiger partial charge in [-0.1, -0.05) is 24.3 Å². The fourth-order valence-electron chi connectivity index (χ4n) is 5.28. The van der Waals surface area contributed by atoms with Crippen LogP contribution in [0.15, 0.2) is 58.1 Å². The van der Waals surface area contributed by atoms with E-state index < -0.39 is 6.10 Å². The highest BCUT2D eigenvalue weighted by molar-refractivity contribution is 7.25. The van der Waals surface area contributed by atoms with Gasteiger partial charge in [0.1, 0.15) is 17.9 Å². The Bertz CT molecular complexity index is 2110. The van der Waals surface area contributed by atoms with Crippen molar-refractivity contribution in [1.82, 2.24) is 4.98 Å². The second-order valence-corrected chi connectivity index (χ2v) is 12.5. The van der Waals surface area contributed by atoms with Gasteiger partial charge in [0, 0.05) is 42.4 Å². The van der Waals surface area contributed by atoms with Crippen LogP contribution in [0.5, 0.6) is 5.75 Å². The first-order valence-corrected chi connectivity index (χ1v) is 14.9. The summed E-state index contributed by atoms with van der Waals surface area (Å²) < 4.78 is 9.82. The summed E-state index contributed by atoms with van der Waals surface area (Å²) >= 11 is 3.17. The molecule has 0 aliphatic carbocycles. The summed E-state index contributed by atoms with van der Waals surface area (Å²) in [7, 11) is 0. The minimum Gasteiger partial charge on any atom is -0.491 e. The molecule has 1 N–H and O–H groups in total. The lowest BCUT2D eigenvalue weighted by Gasteiger charge is -2.17. The van der Waals surface area contributed by atoms with E-state index in [0.717, 1.165) is 52.3 Å². The van der Waals surface area contributed by atoms with Crippen LogP contribution in [0.2, 0.25) is 0 Å². The molecule has 0 radical (unpaired) electrons. The molecule has 0 saturated heterocycles. The number of aromatic nitrogens is 1. The molecule has 1 unspecified atom stereocenters. The first kappa shape index (κ1) is 26.6. The Morgan fingerprint density at radius 2 is 1.50 bits per heavy atom. The highest BCUT2D eigenvalue weighted by Gasteiger charge is 2.18. The topological polar surface area (TPSA) is 76.5 Å². The predicted octanol–water partition coefficient (Wildman–Crippen LogP) is 7.06. The lowest BCUT2D eigenvalue weighted by Crippen LogP contribution is -2.21. The quantitative estimate of drug-likeness (QED) is 0.226. The van der Waals surface area contributed by atoms with Crippen LogP contribution in [0, 0.1) is 34.6 Å². The molecule has 40 heavy (non-hydrogen) atoms. The molecule has 0 aliphatic heterocycles. The van der Waals surface area contributed by atoms with Gasteiger partial charge in [-0.15, -0.1) is 22.7 Å². The van der Waals surface area contributed by atoms with Gasteiger partial charge in [0.25, 0.3) is 0 Å². The maximum Gasteiger partial charge on any atom is 0.214 e. The van der Waals surface area contributed by atoms with E-state index in [9.17, 15) is 14.7 Å². The Morgan fingerprint density at radius 3 is 2.30 bits per heavy atom. The smallest absolute Gasteiger partial charge is 0.214 e. The third-order valence-corrected chi connectivity index (χ3v) is 10.7. The van der Waals surface area contributed by atoms with Crippen molar-refractivity contribution in [2.45, 2.75) is 47.1 Å². The van der Waals surface area contributed by atoms with Crippen molar-refractivity contribution in [1.29, 1.82) is 0 Å². The van der Waals surface area contributed by atoms with Crippen LogP contribution in [0.1, 0.15) is 33.5 Å². The molecule has 0 bridgehead atoms. The third kappa shape index (κ3) is 4.29. The number of fused-ring (bicyclic) bond motifs is 4. The fourth-order valence-corrected chi connectivity index (χ4v) is 7.79. The molecule has 1 atom stereocenters. The summed E-state index contributed by atoms with van der Waals surface area (Å²) in [5.74, 6) is 0.602. The molecule has 202 valence electrons. The van der Waals surface area contributed by atoms with Gasteiger partial charge >= 0.3 is 0 Å². The zero-order valence-electron chi connectivity index (χ0n) is 23.0. The monoisotopic (exact) mass is 567 g/mol. The van der Waals surface area contributed by atoms with Crippen LogP contribution in [-0.4, -0.2) is 22.8 Å². The largest absolute Gasteiger partial charge is 0.491 e. The predicted molar refractivity (Wildman–Crippen MR) is 168 cm³/mol. The number of aliphatic hydroxyl groups excluding tert-OH is 1. The Balaban J connectivity index is 1.33. The highest BCUT2D eigenvalue weighted by atomic mass is 32.1. The Labute approximate surface area is 239 Å². The summed E-state index contributed by atoms with van der Waals surface area (Å²) in [5.41, 5.74) is 6.31. The van der Waals surface area contributed by atoms with Crippen LogP contribution >= 0.6 is 22.7 Å². The van der Waals surface area contributed by atoms with Gasteiger partial charge in [-0.2, -0.15) is 0 Å². The second kappa shape index (κ2) is 10.1. The van der Waals surface area contributed by atoms with Gasteiger partial charge in [-0.05, 0) is 86.7 Å². The Morgan fingerprint density at radius 1 is 0.775 bits per heavy atom. The molecule has 0 spiro atoms. The molecule has 0 saturated carbocycles. The van der Waals surface area contributed by atoms with E-state index in [1.807, 2.05) is 83.1 Å². The summed E-state index contributed by atoms with van der Waals surface area (Å²) in [5, 5.41) is 13.0. The fraction of sp³-hybridized carbons (Fsp3) is 0.242. The molecule has 3 aromatic carbocycles. The molecule has 5 nitrogen and oxygen atoms in total. The lowest BCUT2D eigenvalue weighted by atomic mass is 10.0. The van der Waals surface area contributed by atoms with Crippen LogP contribution in [-0.2, 0) is 6.42 Å². The van der Waals surface area contributed by atoms with Crippen molar-refractivity contribution in [2.24, 2.45) is 0 Å². The zero-order valence-corrected chi connectivity index (χ0v) is 24.7. The van der Waals surface area contributed by atoms with Crippen molar-refractivity contribution in [3.05, 3.63) is 102 Å². The van der Waals surface area contributed by atoms with Crippen LogP contribution in [0.25, 0.3) is 40.5 Å². The van der Waals surface area contributed by atoms with E-state index in [1.54, 1.807) is 22.7 Å². The number of rotatable bonds is 5. The second-order valence-electron chi connectivity index (χ2n) is 10.4. The van der Waals surface area contributed by atoms with E-state index >= 15 is 0 Å².